The largest absolute Gasteiger partial charge is 0.493 e. The molecule has 20 heavy (non-hydrogen) atoms. The van der Waals surface area contributed by atoms with E-state index in [-0.39, 0.29) is 6.67 Å². The number of likely N-dealkylation sites (tertiary alicyclic amines) is 1. The first-order valence-corrected chi connectivity index (χ1v) is 7.23. The van der Waals surface area contributed by atoms with Gasteiger partial charge in [0.15, 0.2) is 0 Å². The normalized spacial score (nSPS) is 16.8. The van der Waals surface area contributed by atoms with Crippen LogP contribution in [0.2, 0.25) is 0 Å². The summed E-state index contributed by atoms with van der Waals surface area (Å²) in [7, 11) is 0. The van der Waals surface area contributed by atoms with Crippen molar-refractivity contribution in [1.82, 2.24) is 4.90 Å². The summed E-state index contributed by atoms with van der Waals surface area (Å²) >= 11 is 0. The Labute approximate surface area is 120 Å². The highest BCUT2D eigenvalue weighted by Gasteiger charge is 2.19. The van der Waals surface area contributed by atoms with Crippen molar-refractivity contribution in [3.05, 3.63) is 29.8 Å². The molecule has 0 saturated carbocycles. The maximum atomic E-state index is 12.1. The van der Waals surface area contributed by atoms with Gasteiger partial charge in [0.25, 0.3) is 0 Å². The van der Waals surface area contributed by atoms with Gasteiger partial charge in [-0.1, -0.05) is 0 Å². The molecular formula is C16H21FN2O. The monoisotopic (exact) mass is 275 g/mol. The van der Waals surface area contributed by atoms with E-state index in [1.54, 1.807) is 12.1 Å². The molecule has 0 spiro atoms. The summed E-state index contributed by atoms with van der Waals surface area (Å²) in [5.41, 5.74) is 0.651. The second-order valence-electron chi connectivity index (χ2n) is 5.27. The summed E-state index contributed by atoms with van der Waals surface area (Å²) in [6, 6.07) is 9.32. The fourth-order valence-electron chi connectivity index (χ4n) is 2.50. The molecule has 4 heteroatoms. The van der Waals surface area contributed by atoms with Crippen molar-refractivity contribution in [3.8, 4) is 11.8 Å². The van der Waals surface area contributed by atoms with Crippen LogP contribution in [0.5, 0.6) is 5.75 Å². The number of hydrogen-bond acceptors (Lipinski definition) is 3. The topological polar surface area (TPSA) is 36.3 Å². The summed E-state index contributed by atoms with van der Waals surface area (Å²) in [6.45, 7) is 3.47. The molecule has 0 aliphatic carbocycles. The molecule has 0 N–H and O–H groups in total. The lowest BCUT2D eigenvalue weighted by Crippen LogP contribution is -2.36. The number of halogens is 1. The summed E-state index contributed by atoms with van der Waals surface area (Å²) in [5.74, 6) is 1.40. The lowest BCUT2D eigenvalue weighted by atomic mass is 9.98. The van der Waals surface area contributed by atoms with Gasteiger partial charge in [-0.3, -0.25) is 4.39 Å². The Morgan fingerprint density at radius 2 is 1.95 bits per heavy atom. The van der Waals surface area contributed by atoms with Gasteiger partial charge in [0.05, 0.1) is 24.9 Å². The number of alkyl halides is 1. The van der Waals surface area contributed by atoms with Crippen molar-refractivity contribution in [1.29, 1.82) is 5.26 Å². The highest BCUT2D eigenvalue weighted by molar-refractivity contribution is 5.34. The Hall–Kier alpha value is -1.60. The fourth-order valence-corrected chi connectivity index (χ4v) is 2.50. The number of benzene rings is 1. The predicted molar refractivity (Wildman–Crippen MR) is 76.4 cm³/mol. The highest BCUT2D eigenvalue weighted by atomic mass is 18.2. The maximum Gasteiger partial charge on any atom is 0.119 e. The van der Waals surface area contributed by atoms with Crippen LogP contribution < -0.4 is 4.74 Å². The molecule has 0 atom stereocenters. The predicted octanol–water partition coefficient (Wildman–Crippen LogP) is 3.01. The molecule has 1 aliphatic heterocycles. The van der Waals surface area contributed by atoms with Crippen LogP contribution in [-0.4, -0.2) is 37.8 Å². The smallest absolute Gasteiger partial charge is 0.119 e. The van der Waals surface area contributed by atoms with E-state index in [9.17, 15) is 4.39 Å². The van der Waals surface area contributed by atoms with Crippen LogP contribution in [0.15, 0.2) is 24.3 Å². The molecule has 1 aromatic rings. The van der Waals surface area contributed by atoms with E-state index in [4.69, 9.17) is 10.00 Å². The molecule has 0 unspecified atom stereocenters. The van der Waals surface area contributed by atoms with Crippen molar-refractivity contribution < 1.29 is 9.13 Å². The lowest BCUT2D eigenvalue weighted by Gasteiger charge is -2.31. The first-order valence-electron chi connectivity index (χ1n) is 7.23. The minimum absolute atomic E-state index is 0.221. The molecular weight excluding hydrogens is 254 g/mol. The molecule has 1 aromatic carbocycles. The molecule has 0 bridgehead atoms. The van der Waals surface area contributed by atoms with Crippen molar-refractivity contribution in [2.75, 3.05) is 32.9 Å². The van der Waals surface area contributed by atoms with Crippen LogP contribution in [0.3, 0.4) is 0 Å². The van der Waals surface area contributed by atoms with E-state index in [1.165, 1.54) is 0 Å². The van der Waals surface area contributed by atoms with Crippen LogP contribution in [-0.2, 0) is 0 Å². The fraction of sp³-hybridized carbons (Fsp3) is 0.562. The second-order valence-corrected chi connectivity index (χ2v) is 5.27. The third kappa shape index (κ3) is 4.50. The Morgan fingerprint density at radius 3 is 2.55 bits per heavy atom. The quantitative estimate of drug-likeness (QED) is 0.800. The first-order chi connectivity index (χ1) is 9.81. The van der Waals surface area contributed by atoms with Crippen LogP contribution in [0.4, 0.5) is 4.39 Å². The van der Waals surface area contributed by atoms with Gasteiger partial charge in [0, 0.05) is 6.54 Å². The molecule has 0 aromatic heterocycles. The zero-order valence-electron chi connectivity index (χ0n) is 11.7. The zero-order chi connectivity index (χ0) is 14.2. The summed E-state index contributed by atoms with van der Waals surface area (Å²) in [4.78, 5) is 2.33. The number of nitriles is 1. The number of rotatable bonds is 6. The summed E-state index contributed by atoms with van der Waals surface area (Å²) in [5, 5.41) is 8.73. The van der Waals surface area contributed by atoms with E-state index in [1.807, 2.05) is 12.1 Å². The van der Waals surface area contributed by atoms with Gasteiger partial charge in [0.1, 0.15) is 5.75 Å². The third-order valence-electron chi connectivity index (χ3n) is 3.78. The number of nitrogens with zero attached hydrogens (tertiary/aromatic N) is 2. The van der Waals surface area contributed by atoms with E-state index < -0.39 is 0 Å². The standard InChI is InChI=1S/C16H21FN2O/c17-8-1-9-19-10-6-15(7-11-19)13-20-16-4-2-14(12-18)3-5-16/h2-5,15H,1,6-11,13H2/i17-1. The Balaban J connectivity index is 1.69. The summed E-state index contributed by atoms with van der Waals surface area (Å²) in [6.07, 6.45) is 2.87. The van der Waals surface area contributed by atoms with E-state index in [0.29, 0.717) is 17.9 Å². The molecule has 1 fully saturated rings. The minimum atomic E-state index is -0.221. The van der Waals surface area contributed by atoms with Crippen molar-refractivity contribution >= 4 is 0 Å². The van der Waals surface area contributed by atoms with Gasteiger partial charge in [-0.2, -0.15) is 5.26 Å². The van der Waals surface area contributed by atoms with Gasteiger partial charge in [-0.25, -0.2) is 0 Å². The SMILES string of the molecule is N#Cc1ccc(OCC2CCN(CCC[18F])CC2)cc1. The molecule has 0 radical (unpaired) electrons. The number of hydrogen-bond donors (Lipinski definition) is 0. The molecule has 1 heterocycles. The van der Waals surface area contributed by atoms with Gasteiger partial charge in [-0.05, 0) is 62.5 Å². The number of ether oxygens (including phenoxy) is 1. The van der Waals surface area contributed by atoms with Gasteiger partial charge in [0.2, 0.25) is 0 Å². The van der Waals surface area contributed by atoms with E-state index in [0.717, 1.165) is 44.8 Å². The van der Waals surface area contributed by atoms with Gasteiger partial charge >= 0.3 is 0 Å². The summed E-state index contributed by atoms with van der Waals surface area (Å²) < 4.78 is 17.9. The molecule has 1 aliphatic rings. The average molecular weight is 275 g/mol. The van der Waals surface area contributed by atoms with E-state index in [2.05, 4.69) is 11.0 Å². The molecule has 0 amide bonds. The molecule has 2 rings (SSSR count). The zero-order valence-corrected chi connectivity index (χ0v) is 11.7. The Kier molecular flexibility index (Phi) is 5.82. The Morgan fingerprint density at radius 1 is 1.25 bits per heavy atom. The van der Waals surface area contributed by atoms with Gasteiger partial charge < -0.3 is 9.64 Å². The van der Waals surface area contributed by atoms with E-state index >= 15 is 0 Å². The van der Waals surface area contributed by atoms with Crippen LogP contribution in [0.1, 0.15) is 24.8 Å². The van der Waals surface area contributed by atoms with Crippen LogP contribution in [0, 0.1) is 17.2 Å². The average Bonchev–Trinajstić information content (AvgIpc) is 2.52. The molecule has 1 saturated heterocycles. The minimum Gasteiger partial charge on any atom is -0.493 e. The van der Waals surface area contributed by atoms with Crippen molar-refractivity contribution in [2.24, 2.45) is 5.92 Å². The Bertz CT molecular complexity index is 433. The van der Waals surface area contributed by atoms with Crippen LogP contribution in [0.25, 0.3) is 0 Å². The van der Waals surface area contributed by atoms with Crippen molar-refractivity contribution in [2.45, 2.75) is 19.3 Å². The second kappa shape index (κ2) is 7.86. The van der Waals surface area contributed by atoms with Crippen molar-refractivity contribution in [3.63, 3.8) is 0 Å². The highest BCUT2D eigenvalue weighted by Crippen LogP contribution is 2.19. The van der Waals surface area contributed by atoms with Gasteiger partial charge in [-0.15, -0.1) is 0 Å². The van der Waals surface area contributed by atoms with Crippen LogP contribution >= 0.6 is 0 Å². The lowest BCUT2D eigenvalue weighted by molar-refractivity contribution is 0.138. The maximum absolute atomic E-state index is 12.1. The third-order valence-corrected chi connectivity index (χ3v) is 3.78. The molecule has 3 nitrogen and oxygen atoms in total. The first kappa shape index (κ1) is 14.8. The number of piperidine rings is 1. The molecule has 108 valence electrons.